The number of aromatic nitrogens is 3. The first-order chi connectivity index (χ1) is 20.1. The molecule has 4 aromatic rings. The van der Waals surface area contributed by atoms with Crippen LogP contribution in [0.15, 0.2) is 72.1 Å². The number of carbonyl (C=O) groups is 1. The SMILES string of the molecule is Cc1cnc(CNS(=O)(=O)c2cc(Nc3ccc(F)cc3C)c(C(=O)N3CCC(c4ccc(F)cc4)CC3)cn2)cn1. The molecule has 2 aromatic carbocycles. The van der Waals surface area contributed by atoms with Gasteiger partial charge in [0.25, 0.3) is 15.9 Å². The number of likely N-dealkylation sites (tertiary alicyclic amines) is 1. The Morgan fingerprint density at radius 3 is 2.29 bits per heavy atom. The van der Waals surface area contributed by atoms with Gasteiger partial charge in [-0.25, -0.2) is 26.9 Å². The number of hydrogen-bond donors (Lipinski definition) is 2. The molecule has 0 saturated carbocycles. The lowest BCUT2D eigenvalue weighted by Gasteiger charge is -2.32. The average Bonchev–Trinajstić information content (AvgIpc) is 2.98. The third-order valence-electron chi connectivity index (χ3n) is 7.24. The number of piperidine rings is 1. The first kappa shape index (κ1) is 29.2. The molecule has 9 nitrogen and oxygen atoms in total. The number of nitrogens with zero attached hydrogens (tertiary/aromatic N) is 4. The van der Waals surface area contributed by atoms with Crippen LogP contribution >= 0.6 is 0 Å². The quantitative estimate of drug-likeness (QED) is 0.296. The molecule has 0 atom stereocenters. The maximum Gasteiger partial charge on any atom is 0.258 e. The van der Waals surface area contributed by atoms with Gasteiger partial charge >= 0.3 is 0 Å². The van der Waals surface area contributed by atoms with Gasteiger partial charge in [-0.1, -0.05) is 12.1 Å². The number of halogens is 2. The highest BCUT2D eigenvalue weighted by Crippen LogP contribution is 2.31. The Hall–Kier alpha value is -4.29. The van der Waals surface area contributed by atoms with Gasteiger partial charge in [-0.2, -0.15) is 0 Å². The van der Waals surface area contributed by atoms with E-state index in [2.05, 4.69) is 25.0 Å². The number of nitrogens with one attached hydrogen (secondary N) is 2. The molecule has 2 N–H and O–H groups in total. The fraction of sp³-hybridized carbons (Fsp3) is 0.267. The average molecular weight is 593 g/mol. The molecule has 0 radical (unpaired) electrons. The Balaban J connectivity index is 1.39. The molecule has 1 aliphatic heterocycles. The van der Waals surface area contributed by atoms with Crippen LogP contribution in [0.1, 0.15) is 51.6 Å². The monoisotopic (exact) mass is 592 g/mol. The molecule has 1 fully saturated rings. The smallest absolute Gasteiger partial charge is 0.258 e. The number of carbonyl (C=O) groups excluding carboxylic acids is 1. The molecule has 1 amide bonds. The highest BCUT2D eigenvalue weighted by Gasteiger charge is 2.28. The van der Waals surface area contributed by atoms with Crippen molar-refractivity contribution in [2.24, 2.45) is 0 Å². The molecule has 1 saturated heterocycles. The van der Waals surface area contributed by atoms with E-state index in [9.17, 15) is 22.0 Å². The summed E-state index contributed by atoms with van der Waals surface area (Å²) >= 11 is 0. The van der Waals surface area contributed by atoms with E-state index < -0.39 is 15.8 Å². The van der Waals surface area contributed by atoms with E-state index in [4.69, 9.17) is 0 Å². The molecule has 3 heterocycles. The van der Waals surface area contributed by atoms with Crippen molar-refractivity contribution in [1.82, 2.24) is 24.6 Å². The van der Waals surface area contributed by atoms with Crippen LogP contribution in [-0.4, -0.2) is 47.3 Å². The van der Waals surface area contributed by atoms with E-state index in [0.717, 1.165) is 5.56 Å². The normalized spacial score (nSPS) is 14.1. The predicted octanol–water partition coefficient (Wildman–Crippen LogP) is 5.01. The van der Waals surface area contributed by atoms with Gasteiger partial charge in [0.05, 0.1) is 35.4 Å². The Bertz CT molecular complexity index is 1690. The minimum atomic E-state index is -4.09. The molecule has 2 aromatic heterocycles. The lowest BCUT2D eigenvalue weighted by molar-refractivity contribution is 0.0713. The van der Waals surface area contributed by atoms with Gasteiger partial charge < -0.3 is 10.2 Å². The van der Waals surface area contributed by atoms with Crippen molar-refractivity contribution in [2.75, 3.05) is 18.4 Å². The molecule has 218 valence electrons. The standard InChI is InChI=1S/C30H30F2N6O3S/c1-19-13-24(32)7-8-27(19)37-28-14-29(42(40,41)36-17-25-16-33-20(2)15-34-25)35-18-26(28)30(39)38-11-9-22(10-12-38)21-3-5-23(31)6-4-21/h3-8,13-16,18,22,36H,9-12,17H2,1-2H3,(H,35,37). The minimum Gasteiger partial charge on any atom is -0.355 e. The summed E-state index contributed by atoms with van der Waals surface area (Å²) in [6.45, 7) is 4.32. The lowest BCUT2D eigenvalue weighted by Crippen LogP contribution is -2.38. The molecular weight excluding hydrogens is 562 g/mol. The van der Waals surface area contributed by atoms with Gasteiger partial charge in [0.1, 0.15) is 11.6 Å². The van der Waals surface area contributed by atoms with Crippen LogP contribution in [0.3, 0.4) is 0 Å². The zero-order valence-corrected chi connectivity index (χ0v) is 24.0. The summed E-state index contributed by atoms with van der Waals surface area (Å²) in [6, 6.07) is 11.9. The van der Waals surface area contributed by atoms with Crippen LogP contribution in [0, 0.1) is 25.5 Å². The number of rotatable bonds is 8. The fourth-order valence-corrected chi connectivity index (χ4v) is 5.79. The van der Waals surface area contributed by atoms with E-state index in [-0.39, 0.29) is 40.5 Å². The maximum absolute atomic E-state index is 13.8. The third kappa shape index (κ3) is 6.77. The van der Waals surface area contributed by atoms with Gasteiger partial charge in [0.15, 0.2) is 5.03 Å². The Labute approximate surface area is 243 Å². The van der Waals surface area contributed by atoms with Crippen LogP contribution < -0.4 is 10.0 Å². The first-order valence-electron chi connectivity index (χ1n) is 13.4. The molecule has 0 aliphatic carbocycles. The first-order valence-corrected chi connectivity index (χ1v) is 14.9. The number of hydrogen-bond acceptors (Lipinski definition) is 7. The van der Waals surface area contributed by atoms with Crippen LogP contribution in [0.4, 0.5) is 20.2 Å². The number of aryl methyl sites for hydroxylation is 2. The van der Waals surface area contributed by atoms with Crippen molar-refractivity contribution in [3.63, 3.8) is 0 Å². The second kappa shape index (κ2) is 12.3. The fourth-order valence-electron chi connectivity index (χ4n) is 4.84. The summed E-state index contributed by atoms with van der Waals surface area (Å²) < 4.78 is 55.9. The topological polar surface area (TPSA) is 117 Å². The van der Waals surface area contributed by atoms with Crippen molar-refractivity contribution < 1.29 is 22.0 Å². The predicted molar refractivity (Wildman–Crippen MR) is 154 cm³/mol. The largest absolute Gasteiger partial charge is 0.355 e. The minimum absolute atomic E-state index is 0.0964. The summed E-state index contributed by atoms with van der Waals surface area (Å²) in [5, 5.41) is 2.82. The van der Waals surface area contributed by atoms with Crippen LogP contribution in [0.25, 0.3) is 0 Å². The summed E-state index contributed by atoms with van der Waals surface area (Å²) in [5.74, 6) is -0.822. The van der Waals surface area contributed by atoms with E-state index in [1.807, 2.05) is 0 Å². The molecule has 0 spiro atoms. The Morgan fingerprint density at radius 1 is 0.905 bits per heavy atom. The Morgan fingerprint density at radius 2 is 1.62 bits per heavy atom. The van der Waals surface area contributed by atoms with E-state index in [1.165, 1.54) is 55.0 Å². The van der Waals surface area contributed by atoms with Crippen LogP contribution in [-0.2, 0) is 16.6 Å². The van der Waals surface area contributed by atoms with Crippen molar-refractivity contribution >= 4 is 27.3 Å². The maximum atomic E-state index is 13.8. The summed E-state index contributed by atoms with van der Waals surface area (Å²) in [5.41, 5.74) is 3.65. The zero-order chi connectivity index (χ0) is 29.9. The second-order valence-electron chi connectivity index (χ2n) is 10.2. The molecule has 5 rings (SSSR count). The molecule has 12 heteroatoms. The molecule has 0 bridgehead atoms. The van der Waals surface area contributed by atoms with E-state index >= 15 is 0 Å². The van der Waals surface area contributed by atoms with Gasteiger partial charge in [-0.15, -0.1) is 0 Å². The van der Waals surface area contributed by atoms with Crippen molar-refractivity contribution in [2.45, 2.75) is 44.2 Å². The summed E-state index contributed by atoms with van der Waals surface area (Å²) in [7, 11) is -4.09. The van der Waals surface area contributed by atoms with Crippen molar-refractivity contribution in [3.8, 4) is 0 Å². The van der Waals surface area contributed by atoms with E-state index in [0.29, 0.717) is 48.6 Å². The highest BCUT2D eigenvalue weighted by molar-refractivity contribution is 7.89. The molecular formula is C30H30F2N6O3S. The summed E-state index contributed by atoms with van der Waals surface area (Å²) in [4.78, 5) is 27.8. The van der Waals surface area contributed by atoms with Gasteiger partial charge in [-0.3, -0.25) is 14.8 Å². The number of pyridine rings is 1. The highest BCUT2D eigenvalue weighted by atomic mass is 32.2. The lowest BCUT2D eigenvalue weighted by atomic mass is 9.89. The number of benzene rings is 2. The molecule has 0 unspecified atom stereocenters. The van der Waals surface area contributed by atoms with E-state index in [1.54, 1.807) is 30.9 Å². The third-order valence-corrected chi connectivity index (χ3v) is 8.54. The number of sulfonamides is 1. The van der Waals surface area contributed by atoms with Crippen LogP contribution in [0.2, 0.25) is 0 Å². The molecule has 42 heavy (non-hydrogen) atoms. The van der Waals surface area contributed by atoms with Gasteiger partial charge in [0, 0.05) is 37.2 Å². The van der Waals surface area contributed by atoms with Crippen LogP contribution in [0.5, 0.6) is 0 Å². The van der Waals surface area contributed by atoms with Gasteiger partial charge in [-0.05, 0) is 74.1 Å². The second-order valence-corrected chi connectivity index (χ2v) is 12.0. The number of anilines is 2. The summed E-state index contributed by atoms with van der Waals surface area (Å²) in [6.07, 6.45) is 5.66. The number of amides is 1. The van der Waals surface area contributed by atoms with Crippen molar-refractivity contribution in [1.29, 1.82) is 0 Å². The molecule has 1 aliphatic rings. The zero-order valence-electron chi connectivity index (χ0n) is 23.1. The van der Waals surface area contributed by atoms with Gasteiger partial charge in [0.2, 0.25) is 0 Å². The van der Waals surface area contributed by atoms with Crippen molar-refractivity contribution in [3.05, 3.63) is 107 Å². The Kier molecular flexibility index (Phi) is 8.55.